The van der Waals surface area contributed by atoms with Gasteiger partial charge in [-0.15, -0.1) is 0 Å². The third-order valence-corrected chi connectivity index (χ3v) is 8.25. The summed E-state index contributed by atoms with van der Waals surface area (Å²) in [5, 5.41) is 3.84. The van der Waals surface area contributed by atoms with E-state index in [-0.39, 0.29) is 62.2 Å². The first-order valence-corrected chi connectivity index (χ1v) is 17.6. The highest BCUT2D eigenvalue weighted by Crippen LogP contribution is 2.23. The van der Waals surface area contributed by atoms with Gasteiger partial charge in [0, 0.05) is 0 Å². The molecule has 2 unspecified atom stereocenters. The van der Waals surface area contributed by atoms with Crippen LogP contribution in [-0.4, -0.2) is 83.3 Å². The van der Waals surface area contributed by atoms with Crippen LogP contribution in [0.25, 0.3) is 0 Å². The fraction of sp³-hybridized carbons (Fsp3) is 0.425. The minimum atomic E-state index is -0.718. The number of nitrogens with zero attached hydrogens (tertiary/aromatic N) is 3. The van der Waals surface area contributed by atoms with E-state index < -0.39 is 34.8 Å². The molecule has 2 aliphatic heterocycles. The third kappa shape index (κ3) is 12.4. The molecule has 0 spiro atoms. The van der Waals surface area contributed by atoms with Crippen molar-refractivity contribution in [3.05, 3.63) is 107 Å². The lowest BCUT2D eigenvalue weighted by molar-refractivity contribution is -0.158. The quantitative estimate of drug-likeness (QED) is 0.238. The number of hydrogen-bond acceptors (Lipinski definition) is 9. The molecule has 0 bridgehead atoms. The number of carbonyl (C=O) groups excluding carboxylic acids is 5. The molecular formula is C40H48F2N4O8. The normalized spacial score (nSPS) is 17.0. The summed E-state index contributed by atoms with van der Waals surface area (Å²) >= 11 is 0. The number of carbonyl (C=O) groups is 5. The second-order valence-electron chi connectivity index (χ2n) is 15.1. The van der Waals surface area contributed by atoms with Crippen molar-refractivity contribution in [1.29, 1.82) is 0 Å². The van der Waals surface area contributed by atoms with Crippen LogP contribution in [0.3, 0.4) is 0 Å². The lowest BCUT2D eigenvalue weighted by Crippen LogP contribution is -2.45. The lowest BCUT2D eigenvalue weighted by atomic mass is 9.97. The van der Waals surface area contributed by atoms with Crippen LogP contribution in [-0.2, 0) is 52.8 Å². The van der Waals surface area contributed by atoms with Gasteiger partial charge in [0.05, 0.1) is 49.9 Å². The summed E-state index contributed by atoms with van der Waals surface area (Å²) < 4.78 is 42.3. The van der Waals surface area contributed by atoms with Gasteiger partial charge >= 0.3 is 18.0 Å². The molecule has 2 aliphatic rings. The molecule has 12 nitrogen and oxygen atoms in total. The Morgan fingerprint density at radius 1 is 0.630 bits per heavy atom. The summed E-state index contributed by atoms with van der Waals surface area (Å²) in [6.07, 6.45) is -1.60. The van der Waals surface area contributed by atoms with Gasteiger partial charge < -0.3 is 14.2 Å². The first-order valence-electron chi connectivity index (χ1n) is 17.6. The summed E-state index contributed by atoms with van der Waals surface area (Å²) in [4.78, 5) is 62.0. The van der Waals surface area contributed by atoms with Gasteiger partial charge in [-0.2, -0.15) is 0 Å². The van der Waals surface area contributed by atoms with Crippen LogP contribution in [0.15, 0.2) is 78.9 Å². The van der Waals surface area contributed by atoms with Gasteiger partial charge in [-0.05, 0) is 82.5 Å². The Kier molecular flexibility index (Phi) is 13.9. The highest BCUT2D eigenvalue weighted by atomic mass is 19.1. The molecule has 2 heterocycles. The van der Waals surface area contributed by atoms with Crippen LogP contribution in [0.1, 0.15) is 58.2 Å². The van der Waals surface area contributed by atoms with E-state index in [4.69, 9.17) is 14.2 Å². The predicted octanol–water partition coefficient (Wildman–Crippen LogP) is 5.40. The van der Waals surface area contributed by atoms with Crippen molar-refractivity contribution in [3.8, 4) is 0 Å². The monoisotopic (exact) mass is 750 g/mol. The zero-order valence-corrected chi connectivity index (χ0v) is 31.5. The van der Waals surface area contributed by atoms with Crippen LogP contribution < -0.4 is 5.43 Å². The van der Waals surface area contributed by atoms with Gasteiger partial charge in [-0.3, -0.25) is 24.2 Å². The van der Waals surface area contributed by atoms with Crippen molar-refractivity contribution in [2.24, 2.45) is 10.8 Å². The Labute approximate surface area is 314 Å². The Hall–Kier alpha value is -5.37. The van der Waals surface area contributed by atoms with Crippen LogP contribution in [0.4, 0.5) is 13.6 Å². The van der Waals surface area contributed by atoms with E-state index in [0.29, 0.717) is 18.7 Å². The van der Waals surface area contributed by atoms with Gasteiger partial charge in [0.15, 0.2) is 0 Å². The summed E-state index contributed by atoms with van der Waals surface area (Å²) in [6, 6.07) is 20.6. The van der Waals surface area contributed by atoms with Crippen LogP contribution >= 0.6 is 0 Å². The van der Waals surface area contributed by atoms with Gasteiger partial charge in [-0.25, -0.2) is 29.0 Å². The SMILES string of the molecule is CC(C)(C)C(=O)OC1CN(C(=O)Cc2ccc(F)cc2)N(C(=O)OCc2ccccc2)C1.CC(C)(C)C(=O)OC1CNN(C(=O)Cc2ccc(F)cc2)C1. The van der Waals surface area contributed by atoms with Crippen LogP contribution in [0.2, 0.25) is 0 Å². The smallest absolute Gasteiger partial charge is 0.429 e. The molecule has 3 amide bonds. The first-order chi connectivity index (χ1) is 25.4. The number of hydrazine groups is 2. The Morgan fingerprint density at radius 2 is 1.11 bits per heavy atom. The van der Waals surface area contributed by atoms with E-state index >= 15 is 0 Å². The second-order valence-corrected chi connectivity index (χ2v) is 15.1. The largest absolute Gasteiger partial charge is 0.459 e. The topological polar surface area (TPSA) is 135 Å². The molecule has 14 heteroatoms. The number of rotatable bonds is 8. The molecule has 3 aromatic carbocycles. The molecule has 5 rings (SSSR count). The Balaban J connectivity index is 0.000000258. The molecule has 3 aromatic rings. The summed E-state index contributed by atoms with van der Waals surface area (Å²) in [5.41, 5.74) is 3.79. The fourth-order valence-corrected chi connectivity index (χ4v) is 5.13. The van der Waals surface area contributed by atoms with Gasteiger partial charge in [0.2, 0.25) is 11.8 Å². The lowest BCUT2D eigenvalue weighted by Gasteiger charge is -2.26. The Morgan fingerprint density at radius 3 is 1.63 bits per heavy atom. The van der Waals surface area contributed by atoms with Crippen molar-refractivity contribution in [3.63, 3.8) is 0 Å². The number of ether oxygens (including phenoxy) is 3. The Bertz CT molecular complexity index is 1760. The van der Waals surface area contributed by atoms with Crippen molar-refractivity contribution in [2.45, 2.75) is 73.2 Å². The van der Waals surface area contributed by atoms with Crippen molar-refractivity contribution in [2.75, 3.05) is 26.2 Å². The van der Waals surface area contributed by atoms with E-state index in [1.807, 2.05) is 30.3 Å². The number of benzene rings is 3. The molecule has 2 atom stereocenters. The molecule has 290 valence electrons. The highest BCUT2D eigenvalue weighted by Gasteiger charge is 2.41. The van der Waals surface area contributed by atoms with Gasteiger partial charge in [-0.1, -0.05) is 54.6 Å². The standard InChI is InChI=1S/C24H27FN2O5.C16H21FN2O3/c1-24(2,3)22(29)32-20-14-26(21(28)13-17-9-11-19(25)12-10-17)27(15-20)23(30)31-16-18-7-5-4-6-8-18;1-16(2,3)15(21)22-13-9-18-19(10-13)14(20)8-11-4-6-12(17)7-5-11/h4-12,20H,13-16H2,1-3H3;4-7,13,18H,8-10H2,1-3H3. The molecule has 0 aromatic heterocycles. The molecule has 0 radical (unpaired) electrons. The minimum absolute atomic E-state index is 0.00456. The predicted molar refractivity (Wildman–Crippen MR) is 194 cm³/mol. The zero-order chi connectivity index (χ0) is 39.6. The minimum Gasteiger partial charge on any atom is -0.459 e. The maximum atomic E-state index is 13.2. The van der Waals surface area contributed by atoms with E-state index in [2.05, 4.69) is 5.43 Å². The molecule has 2 fully saturated rings. The maximum absolute atomic E-state index is 13.2. The second kappa shape index (κ2) is 18.1. The number of nitrogens with one attached hydrogen (secondary N) is 1. The number of esters is 2. The highest BCUT2D eigenvalue weighted by molar-refractivity contribution is 5.82. The fourth-order valence-electron chi connectivity index (χ4n) is 5.13. The van der Waals surface area contributed by atoms with Crippen molar-refractivity contribution in [1.82, 2.24) is 20.5 Å². The van der Waals surface area contributed by atoms with Crippen LogP contribution in [0, 0.1) is 22.5 Å². The molecule has 1 N–H and O–H groups in total. The average Bonchev–Trinajstić information content (AvgIpc) is 3.77. The maximum Gasteiger partial charge on any atom is 0.429 e. The average molecular weight is 751 g/mol. The summed E-state index contributed by atoms with van der Waals surface area (Å²) in [7, 11) is 0. The van der Waals surface area contributed by atoms with E-state index in [0.717, 1.165) is 16.1 Å². The molecular weight excluding hydrogens is 702 g/mol. The van der Waals surface area contributed by atoms with Gasteiger partial charge in [0.25, 0.3) is 0 Å². The van der Waals surface area contributed by atoms with Crippen molar-refractivity contribution >= 4 is 29.8 Å². The molecule has 0 saturated carbocycles. The van der Waals surface area contributed by atoms with Gasteiger partial charge in [0.1, 0.15) is 30.4 Å². The summed E-state index contributed by atoms with van der Waals surface area (Å²) in [5.74, 6) is -1.96. The molecule has 0 aliphatic carbocycles. The third-order valence-electron chi connectivity index (χ3n) is 8.25. The molecule has 54 heavy (non-hydrogen) atoms. The van der Waals surface area contributed by atoms with E-state index in [1.165, 1.54) is 46.4 Å². The van der Waals surface area contributed by atoms with Crippen LogP contribution in [0.5, 0.6) is 0 Å². The van der Waals surface area contributed by atoms with E-state index in [9.17, 15) is 32.8 Å². The first kappa shape index (κ1) is 41.4. The van der Waals surface area contributed by atoms with E-state index in [1.54, 1.807) is 53.7 Å². The zero-order valence-electron chi connectivity index (χ0n) is 31.5. The number of hydrogen-bond donors (Lipinski definition) is 1. The number of halogens is 2. The molecule has 2 saturated heterocycles. The number of amides is 3. The summed E-state index contributed by atoms with van der Waals surface area (Å²) in [6.45, 7) is 11.4. The van der Waals surface area contributed by atoms with Crippen molar-refractivity contribution < 1.29 is 47.0 Å².